The van der Waals surface area contributed by atoms with Crippen LogP contribution in [0.5, 0.6) is 5.75 Å². The minimum atomic E-state index is -0.207. The fourth-order valence-electron chi connectivity index (χ4n) is 2.03. The van der Waals surface area contributed by atoms with Gasteiger partial charge in [0, 0.05) is 16.3 Å². The number of phenols is 1. The van der Waals surface area contributed by atoms with Crippen LogP contribution in [0.4, 0.5) is 5.69 Å². The van der Waals surface area contributed by atoms with Crippen molar-refractivity contribution >= 4 is 35.0 Å². The summed E-state index contributed by atoms with van der Waals surface area (Å²) in [6, 6.07) is 11.9. The molecule has 0 atom stereocenters. The number of rotatable bonds is 5. The van der Waals surface area contributed by atoms with E-state index in [0.29, 0.717) is 27.4 Å². The molecule has 1 aromatic heterocycles. The van der Waals surface area contributed by atoms with Crippen molar-refractivity contribution in [2.45, 2.75) is 12.1 Å². The normalized spacial score (nSPS) is 10.6. The number of aromatic hydroxyl groups is 1. The topological polar surface area (TPSA) is 88.3 Å². The van der Waals surface area contributed by atoms with E-state index in [-0.39, 0.29) is 17.4 Å². The third-order valence-electron chi connectivity index (χ3n) is 3.30. The van der Waals surface area contributed by atoms with Crippen molar-refractivity contribution in [1.82, 2.24) is 10.2 Å². The second-order valence-corrected chi connectivity index (χ2v) is 6.58. The molecule has 0 aliphatic heterocycles. The standard InChI is InChI=1S/C17H14ClN3O3S/c1-10-8-13(6-7-14(10)22)19-15(23)9-25-17-21-20-16(24-17)11-2-4-12(18)5-3-11/h2-8,22H,9H2,1H3,(H,19,23). The molecule has 0 aliphatic rings. The van der Waals surface area contributed by atoms with Crippen molar-refractivity contribution in [3.05, 3.63) is 53.1 Å². The summed E-state index contributed by atoms with van der Waals surface area (Å²) in [5.41, 5.74) is 2.07. The third kappa shape index (κ3) is 4.52. The minimum absolute atomic E-state index is 0.127. The van der Waals surface area contributed by atoms with Gasteiger partial charge in [0.1, 0.15) is 5.75 Å². The molecule has 1 amide bonds. The molecule has 3 aromatic rings. The number of anilines is 1. The van der Waals surface area contributed by atoms with Gasteiger partial charge in [-0.2, -0.15) is 0 Å². The maximum atomic E-state index is 12.0. The highest BCUT2D eigenvalue weighted by atomic mass is 35.5. The van der Waals surface area contributed by atoms with E-state index in [1.165, 1.54) is 6.07 Å². The monoisotopic (exact) mass is 375 g/mol. The largest absolute Gasteiger partial charge is 0.508 e. The molecular formula is C17H14ClN3O3S. The van der Waals surface area contributed by atoms with Gasteiger partial charge in [-0.3, -0.25) is 4.79 Å². The lowest BCUT2D eigenvalue weighted by molar-refractivity contribution is -0.113. The lowest BCUT2D eigenvalue weighted by atomic mass is 10.2. The van der Waals surface area contributed by atoms with E-state index in [9.17, 15) is 9.90 Å². The molecule has 0 saturated heterocycles. The maximum absolute atomic E-state index is 12.0. The summed E-state index contributed by atoms with van der Waals surface area (Å²) in [6.45, 7) is 1.76. The van der Waals surface area contributed by atoms with Gasteiger partial charge in [0.05, 0.1) is 5.75 Å². The summed E-state index contributed by atoms with van der Waals surface area (Å²) in [7, 11) is 0. The Morgan fingerprint density at radius 1 is 1.24 bits per heavy atom. The Morgan fingerprint density at radius 3 is 2.72 bits per heavy atom. The van der Waals surface area contributed by atoms with E-state index in [0.717, 1.165) is 17.3 Å². The first-order chi connectivity index (χ1) is 12.0. The molecule has 3 rings (SSSR count). The predicted octanol–water partition coefficient (Wildman–Crippen LogP) is 4.13. The molecule has 1 heterocycles. The lowest BCUT2D eigenvalue weighted by Crippen LogP contribution is -2.14. The lowest BCUT2D eigenvalue weighted by Gasteiger charge is -2.06. The van der Waals surface area contributed by atoms with Gasteiger partial charge < -0.3 is 14.8 Å². The van der Waals surface area contributed by atoms with Crippen LogP contribution < -0.4 is 5.32 Å². The van der Waals surface area contributed by atoms with E-state index in [2.05, 4.69) is 15.5 Å². The van der Waals surface area contributed by atoms with Crippen molar-refractivity contribution in [1.29, 1.82) is 0 Å². The fraction of sp³-hybridized carbons (Fsp3) is 0.118. The molecular weight excluding hydrogens is 362 g/mol. The summed E-state index contributed by atoms with van der Waals surface area (Å²) in [5.74, 6) is 0.477. The molecule has 6 nitrogen and oxygen atoms in total. The number of phenolic OH excluding ortho intramolecular Hbond substituents is 1. The van der Waals surface area contributed by atoms with Crippen molar-refractivity contribution in [3.8, 4) is 17.2 Å². The first-order valence-corrected chi connectivity index (χ1v) is 8.69. The molecule has 0 aliphatic carbocycles. The van der Waals surface area contributed by atoms with E-state index < -0.39 is 0 Å². The van der Waals surface area contributed by atoms with Crippen molar-refractivity contribution in [2.24, 2.45) is 0 Å². The second-order valence-electron chi connectivity index (χ2n) is 5.22. The zero-order valence-corrected chi connectivity index (χ0v) is 14.8. The summed E-state index contributed by atoms with van der Waals surface area (Å²) in [6.07, 6.45) is 0. The fourth-order valence-corrected chi connectivity index (χ4v) is 2.72. The Morgan fingerprint density at radius 2 is 2.00 bits per heavy atom. The van der Waals surface area contributed by atoms with Gasteiger partial charge in [-0.15, -0.1) is 10.2 Å². The smallest absolute Gasteiger partial charge is 0.277 e. The van der Waals surface area contributed by atoms with Gasteiger partial charge in [-0.05, 0) is 55.0 Å². The number of carbonyl (C=O) groups excluding carboxylic acids is 1. The van der Waals surface area contributed by atoms with Crippen LogP contribution in [-0.4, -0.2) is 27.0 Å². The van der Waals surface area contributed by atoms with Crippen LogP contribution in [0.2, 0.25) is 5.02 Å². The average Bonchev–Trinajstić information content (AvgIpc) is 3.06. The molecule has 25 heavy (non-hydrogen) atoms. The Bertz CT molecular complexity index is 896. The van der Waals surface area contributed by atoms with Crippen LogP contribution in [0.15, 0.2) is 52.1 Å². The highest BCUT2D eigenvalue weighted by molar-refractivity contribution is 7.99. The molecule has 0 spiro atoms. The molecule has 0 saturated carbocycles. The van der Waals surface area contributed by atoms with Gasteiger partial charge >= 0.3 is 0 Å². The number of nitrogens with one attached hydrogen (secondary N) is 1. The Labute approximate surface area is 153 Å². The van der Waals surface area contributed by atoms with Crippen LogP contribution in [0.3, 0.4) is 0 Å². The van der Waals surface area contributed by atoms with Gasteiger partial charge in [0.15, 0.2) is 0 Å². The number of carbonyl (C=O) groups is 1. The van der Waals surface area contributed by atoms with E-state index in [4.69, 9.17) is 16.0 Å². The summed E-state index contributed by atoms with van der Waals surface area (Å²) < 4.78 is 5.53. The number of aromatic nitrogens is 2. The van der Waals surface area contributed by atoms with Crippen molar-refractivity contribution in [3.63, 3.8) is 0 Å². The molecule has 0 unspecified atom stereocenters. The molecule has 128 valence electrons. The van der Waals surface area contributed by atoms with Crippen molar-refractivity contribution in [2.75, 3.05) is 11.1 Å². The maximum Gasteiger partial charge on any atom is 0.277 e. The first-order valence-electron chi connectivity index (χ1n) is 7.33. The number of nitrogens with zero attached hydrogens (tertiary/aromatic N) is 2. The molecule has 2 aromatic carbocycles. The van der Waals surface area contributed by atoms with Crippen molar-refractivity contribution < 1.29 is 14.3 Å². The highest BCUT2D eigenvalue weighted by Gasteiger charge is 2.11. The molecule has 2 N–H and O–H groups in total. The van der Waals surface area contributed by atoms with Crippen LogP contribution in [0.1, 0.15) is 5.56 Å². The number of halogens is 1. The number of amides is 1. The third-order valence-corrected chi connectivity index (χ3v) is 4.38. The van der Waals surface area contributed by atoms with Gasteiger partial charge in [-0.1, -0.05) is 23.4 Å². The van der Waals surface area contributed by atoms with Crippen LogP contribution in [0.25, 0.3) is 11.5 Å². The van der Waals surface area contributed by atoms with Crippen LogP contribution in [-0.2, 0) is 4.79 Å². The zero-order valence-electron chi connectivity index (χ0n) is 13.2. The molecule has 8 heteroatoms. The first kappa shape index (κ1) is 17.3. The summed E-state index contributed by atoms with van der Waals surface area (Å²) in [5, 5.41) is 21.0. The highest BCUT2D eigenvalue weighted by Crippen LogP contribution is 2.25. The molecule has 0 fully saturated rings. The van der Waals surface area contributed by atoms with Gasteiger partial charge in [0.2, 0.25) is 11.8 Å². The summed E-state index contributed by atoms with van der Waals surface area (Å²) >= 11 is 6.99. The summed E-state index contributed by atoms with van der Waals surface area (Å²) in [4.78, 5) is 12.0. The number of thioether (sulfide) groups is 1. The average molecular weight is 376 g/mol. The Balaban J connectivity index is 1.57. The second kappa shape index (κ2) is 7.58. The zero-order chi connectivity index (χ0) is 17.8. The van der Waals surface area contributed by atoms with Crippen LogP contribution >= 0.6 is 23.4 Å². The predicted molar refractivity (Wildman–Crippen MR) is 96.9 cm³/mol. The van der Waals surface area contributed by atoms with E-state index in [1.807, 2.05) is 0 Å². The molecule has 0 bridgehead atoms. The Kier molecular flexibility index (Phi) is 5.25. The molecule has 0 radical (unpaired) electrons. The van der Waals surface area contributed by atoms with Crippen LogP contribution in [0, 0.1) is 6.92 Å². The SMILES string of the molecule is Cc1cc(NC(=O)CSc2nnc(-c3ccc(Cl)cc3)o2)ccc1O. The minimum Gasteiger partial charge on any atom is -0.508 e. The number of aryl methyl sites for hydroxylation is 1. The van der Waals surface area contributed by atoms with Gasteiger partial charge in [0.25, 0.3) is 5.22 Å². The van der Waals surface area contributed by atoms with E-state index >= 15 is 0 Å². The van der Waals surface area contributed by atoms with Gasteiger partial charge in [-0.25, -0.2) is 0 Å². The van der Waals surface area contributed by atoms with E-state index in [1.54, 1.807) is 43.3 Å². The number of benzene rings is 2. The number of hydrogen-bond donors (Lipinski definition) is 2. The number of hydrogen-bond acceptors (Lipinski definition) is 6. The quantitative estimate of drug-likeness (QED) is 0.514. The Hall–Kier alpha value is -2.51.